The minimum atomic E-state index is -0.285. The lowest BCUT2D eigenvalue weighted by Crippen LogP contribution is -1.86. The molecule has 94 valence electrons. The largest absolute Gasteiger partial charge is 0.206 e. The second kappa shape index (κ2) is 4.87. The van der Waals surface area contributed by atoms with E-state index in [1.54, 1.807) is 12.1 Å². The van der Waals surface area contributed by atoms with Gasteiger partial charge in [0.05, 0.1) is 0 Å². The summed E-state index contributed by atoms with van der Waals surface area (Å²) >= 11 is 10.4. The molecule has 0 bridgehead atoms. The van der Waals surface area contributed by atoms with Gasteiger partial charge < -0.3 is 0 Å². The number of hydrogen-bond acceptors (Lipinski definition) is 1. The zero-order chi connectivity index (χ0) is 13.4. The fraction of sp³-hybridized carbons (Fsp3) is 0. The lowest BCUT2D eigenvalue weighted by molar-refractivity contribution is 0.631. The first-order valence-electron chi connectivity index (χ1n) is 5.82. The summed E-state index contributed by atoms with van der Waals surface area (Å²) in [6, 6.07) is 16.3. The van der Waals surface area contributed by atoms with Crippen molar-refractivity contribution in [3.8, 4) is 11.1 Å². The topological polar surface area (TPSA) is 0 Å². The van der Waals surface area contributed by atoms with Crippen molar-refractivity contribution in [3.63, 3.8) is 0 Å². The fourth-order valence-corrected chi connectivity index (χ4v) is 2.68. The Bertz CT molecular complexity index is 768. The molecule has 19 heavy (non-hydrogen) atoms. The molecule has 3 aromatic carbocycles. The van der Waals surface area contributed by atoms with Gasteiger partial charge in [0.1, 0.15) is 5.82 Å². The molecule has 3 rings (SSSR count). The number of rotatable bonds is 1. The van der Waals surface area contributed by atoms with Crippen LogP contribution in [0.1, 0.15) is 0 Å². The van der Waals surface area contributed by atoms with Crippen LogP contribution in [0.5, 0.6) is 0 Å². The standard InChI is InChI=1S/C16H10ClFS/c17-12-5-6-15(18)14(9-12)11-7-10-3-1-2-4-13(10)16(19)8-11/h1-9,19H. The van der Waals surface area contributed by atoms with Gasteiger partial charge in [0.15, 0.2) is 0 Å². The van der Waals surface area contributed by atoms with Gasteiger partial charge in [-0.25, -0.2) is 4.39 Å². The first kappa shape index (κ1) is 12.5. The predicted molar refractivity (Wildman–Crippen MR) is 81.6 cm³/mol. The van der Waals surface area contributed by atoms with Gasteiger partial charge in [-0.15, -0.1) is 12.6 Å². The average molecular weight is 289 g/mol. The summed E-state index contributed by atoms with van der Waals surface area (Å²) in [5, 5.41) is 2.60. The highest BCUT2D eigenvalue weighted by atomic mass is 35.5. The molecule has 0 saturated heterocycles. The van der Waals surface area contributed by atoms with Crippen LogP contribution in [0.2, 0.25) is 5.02 Å². The highest BCUT2D eigenvalue weighted by Crippen LogP contribution is 2.32. The Kier molecular flexibility index (Phi) is 3.21. The van der Waals surface area contributed by atoms with E-state index in [1.165, 1.54) is 6.07 Å². The minimum Gasteiger partial charge on any atom is -0.206 e. The van der Waals surface area contributed by atoms with E-state index < -0.39 is 0 Å². The average Bonchev–Trinajstić information content (AvgIpc) is 2.41. The molecule has 0 atom stereocenters. The van der Waals surface area contributed by atoms with Gasteiger partial charge in [0.2, 0.25) is 0 Å². The summed E-state index contributed by atoms with van der Waals surface area (Å²) in [5.74, 6) is -0.285. The summed E-state index contributed by atoms with van der Waals surface area (Å²) in [6.07, 6.45) is 0. The molecule has 0 aliphatic rings. The lowest BCUT2D eigenvalue weighted by atomic mass is 10.0. The number of thiol groups is 1. The molecule has 0 aromatic heterocycles. The summed E-state index contributed by atoms with van der Waals surface area (Å²) < 4.78 is 13.9. The maximum Gasteiger partial charge on any atom is 0.131 e. The molecule has 0 nitrogen and oxygen atoms in total. The van der Waals surface area contributed by atoms with Crippen LogP contribution in [-0.2, 0) is 0 Å². The molecule has 0 aliphatic heterocycles. The minimum absolute atomic E-state index is 0.285. The molecule has 0 radical (unpaired) electrons. The monoisotopic (exact) mass is 288 g/mol. The van der Waals surface area contributed by atoms with Gasteiger partial charge in [-0.2, -0.15) is 0 Å². The van der Waals surface area contributed by atoms with Crippen molar-refractivity contribution in [3.05, 3.63) is 65.4 Å². The third kappa shape index (κ3) is 2.34. The normalized spacial score (nSPS) is 10.9. The molecular formula is C16H10ClFS. The Balaban J connectivity index is 2.28. The molecule has 0 amide bonds. The molecule has 0 unspecified atom stereocenters. The van der Waals surface area contributed by atoms with Gasteiger partial charge in [-0.3, -0.25) is 0 Å². The first-order valence-corrected chi connectivity index (χ1v) is 6.65. The highest BCUT2D eigenvalue weighted by Gasteiger charge is 2.08. The second-order valence-corrected chi connectivity index (χ2v) is 5.26. The van der Waals surface area contributed by atoms with Crippen LogP contribution in [0.4, 0.5) is 4.39 Å². The van der Waals surface area contributed by atoms with Crippen LogP contribution >= 0.6 is 24.2 Å². The van der Waals surface area contributed by atoms with Gasteiger partial charge in [-0.05, 0) is 46.7 Å². The van der Waals surface area contributed by atoms with E-state index in [-0.39, 0.29) is 5.82 Å². The summed E-state index contributed by atoms with van der Waals surface area (Å²) in [7, 11) is 0. The van der Waals surface area contributed by atoms with Crippen LogP contribution in [0.15, 0.2) is 59.5 Å². The SMILES string of the molecule is Fc1ccc(Cl)cc1-c1cc(S)c2ccccc2c1. The van der Waals surface area contributed by atoms with Crippen molar-refractivity contribution in [1.82, 2.24) is 0 Å². The maximum atomic E-state index is 13.9. The number of fused-ring (bicyclic) bond motifs is 1. The Morgan fingerprint density at radius 1 is 0.947 bits per heavy atom. The molecule has 3 aromatic rings. The van der Waals surface area contributed by atoms with Crippen molar-refractivity contribution in [2.75, 3.05) is 0 Å². The number of benzene rings is 3. The van der Waals surface area contributed by atoms with Crippen molar-refractivity contribution in [2.24, 2.45) is 0 Å². The summed E-state index contributed by atoms with van der Waals surface area (Å²) in [6.45, 7) is 0. The van der Waals surface area contributed by atoms with Crippen LogP contribution < -0.4 is 0 Å². The maximum absolute atomic E-state index is 13.9. The van der Waals surface area contributed by atoms with E-state index >= 15 is 0 Å². The molecule has 0 N–H and O–H groups in total. The molecule has 3 heteroatoms. The molecular weight excluding hydrogens is 279 g/mol. The van der Waals surface area contributed by atoms with Crippen molar-refractivity contribution in [1.29, 1.82) is 0 Å². The van der Waals surface area contributed by atoms with Gasteiger partial charge >= 0.3 is 0 Å². The van der Waals surface area contributed by atoms with Crippen LogP contribution in [0.25, 0.3) is 21.9 Å². The van der Waals surface area contributed by atoms with E-state index in [1.807, 2.05) is 36.4 Å². The van der Waals surface area contributed by atoms with E-state index in [9.17, 15) is 4.39 Å². The van der Waals surface area contributed by atoms with Crippen LogP contribution in [0, 0.1) is 5.82 Å². The highest BCUT2D eigenvalue weighted by molar-refractivity contribution is 7.80. The zero-order valence-electron chi connectivity index (χ0n) is 9.90. The summed E-state index contributed by atoms with van der Waals surface area (Å²) in [5.41, 5.74) is 1.28. The Labute approximate surface area is 121 Å². The molecule has 0 aliphatic carbocycles. The second-order valence-electron chi connectivity index (χ2n) is 4.34. The third-order valence-electron chi connectivity index (χ3n) is 3.08. The van der Waals surface area contributed by atoms with E-state index in [0.717, 1.165) is 21.2 Å². The smallest absolute Gasteiger partial charge is 0.131 e. The first-order chi connectivity index (χ1) is 9.15. The van der Waals surface area contributed by atoms with Gasteiger partial charge in [-0.1, -0.05) is 35.9 Å². The van der Waals surface area contributed by atoms with E-state index in [2.05, 4.69) is 12.6 Å². The van der Waals surface area contributed by atoms with Crippen LogP contribution in [-0.4, -0.2) is 0 Å². The molecule has 0 fully saturated rings. The van der Waals surface area contributed by atoms with Crippen molar-refractivity contribution in [2.45, 2.75) is 4.90 Å². The fourth-order valence-electron chi connectivity index (χ4n) is 2.16. The Hall–Kier alpha value is -1.51. The summed E-state index contributed by atoms with van der Waals surface area (Å²) in [4.78, 5) is 0.826. The number of halogens is 2. The zero-order valence-corrected chi connectivity index (χ0v) is 11.5. The predicted octanol–water partition coefficient (Wildman–Crippen LogP) is 5.59. The van der Waals surface area contributed by atoms with E-state index in [4.69, 9.17) is 11.6 Å². The third-order valence-corrected chi connectivity index (χ3v) is 3.68. The molecule has 0 spiro atoms. The number of hydrogen-bond donors (Lipinski definition) is 1. The van der Waals surface area contributed by atoms with E-state index in [0.29, 0.717) is 10.6 Å². The van der Waals surface area contributed by atoms with Gasteiger partial charge in [0.25, 0.3) is 0 Å². The van der Waals surface area contributed by atoms with Crippen LogP contribution in [0.3, 0.4) is 0 Å². The quantitative estimate of drug-likeness (QED) is 0.555. The van der Waals surface area contributed by atoms with Crippen molar-refractivity contribution < 1.29 is 4.39 Å². The Morgan fingerprint density at radius 3 is 2.58 bits per heavy atom. The van der Waals surface area contributed by atoms with Gasteiger partial charge in [0, 0.05) is 15.5 Å². The molecule has 0 saturated carbocycles. The molecule has 0 heterocycles. The van der Waals surface area contributed by atoms with Crippen molar-refractivity contribution >= 4 is 35.0 Å². The lowest BCUT2D eigenvalue weighted by Gasteiger charge is -2.08. The Morgan fingerprint density at radius 2 is 1.74 bits per heavy atom.